The highest BCUT2D eigenvalue weighted by molar-refractivity contribution is 9.10. The molecular formula is C15H14BrClN2O2. The van der Waals surface area contributed by atoms with E-state index < -0.39 is 0 Å². The highest BCUT2D eigenvalue weighted by Gasteiger charge is 2.04. The second kappa shape index (κ2) is 7.90. The molecule has 0 unspecified atom stereocenters. The zero-order chi connectivity index (χ0) is 15.1. The smallest absolute Gasteiger partial charge is 0.319 e. The molecule has 0 aliphatic carbocycles. The number of carbonyl (C=O) groups is 1. The largest absolute Gasteiger partial charge is 0.491 e. The van der Waals surface area contributed by atoms with Crippen molar-refractivity contribution in [2.45, 2.75) is 0 Å². The fourth-order valence-corrected chi connectivity index (χ4v) is 2.20. The van der Waals surface area contributed by atoms with Gasteiger partial charge < -0.3 is 15.4 Å². The number of benzene rings is 2. The molecule has 0 spiro atoms. The number of anilines is 1. The summed E-state index contributed by atoms with van der Waals surface area (Å²) in [6, 6.07) is 14.3. The van der Waals surface area contributed by atoms with Crippen LogP contribution in [0.4, 0.5) is 10.5 Å². The fourth-order valence-electron chi connectivity index (χ4n) is 1.62. The predicted octanol–water partition coefficient (Wildman–Crippen LogP) is 4.30. The number of carbonyl (C=O) groups excluding carboxylic acids is 1. The lowest BCUT2D eigenvalue weighted by molar-refractivity contribution is 0.247. The number of hydrogen-bond acceptors (Lipinski definition) is 2. The molecule has 0 aliphatic heterocycles. The first kappa shape index (κ1) is 15.7. The van der Waals surface area contributed by atoms with Crippen LogP contribution in [0.2, 0.25) is 5.02 Å². The van der Waals surface area contributed by atoms with E-state index in [-0.39, 0.29) is 6.03 Å². The molecule has 0 saturated carbocycles. The first-order valence-corrected chi connectivity index (χ1v) is 7.50. The van der Waals surface area contributed by atoms with Crippen molar-refractivity contribution in [1.82, 2.24) is 5.32 Å². The quantitative estimate of drug-likeness (QED) is 0.772. The van der Waals surface area contributed by atoms with E-state index in [0.717, 1.165) is 10.2 Å². The molecule has 0 fully saturated rings. The topological polar surface area (TPSA) is 50.4 Å². The zero-order valence-corrected chi connectivity index (χ0v) is 13.4. The number of amides is 2. The van der Waals surface area contributed by atoms with Crippen molar-refractivity contribution in [1.29, 1.82) is 0 Å². The van der Waals surface area contributed by atoms with E-state index in [1.165, 1.54) is 0 Å². The maximum Gasteiger partial charge on any atom is 0.319 e. The Kier molecular flexibility index (Phi) is 5.90. The average Bonchev–Trinajstić information content (AvgIpc) is 2.48. The number of rotatable bonds is 5. The second-order valence-electron chi connectivity index (χ2n) is 4.14. The Morgan fingerprint density at radius 2 is 1.86 bits per heavy atom. The van der Waals surface area contributed by atoms with Gasteiger partial charge in [-0.1, -0.05) is 35.9 Å². The minimum absolute atomic E-state index is 0.321. The van der Waals surface area contributed by atoms with Gasteiger partial charge in [0.1, 0.15) is 12.4 Å². The van der Waals surface area contributed by atoms with Crippen LogP contribution in [-0.2, 0) is 0 Å². The van der Waals surface area contributed by atoms with Gasteiger partial charge in [0, 0.05) is 0 Å². The number of nitrogens with one attached hydrogen (secondary N) is 2. The highest BCUT2D eigenvalue weighted by atomic mass is 79.9. The van der Waals surface area contributed by atoms with E-state index in [2.05, 4.69) is 26.6 Å². The van der Waals surface area contributed by atoms with E-state index in [1.54, 1.807) is 24.3 Å². The van der Waals surface area contributed by atoms with Gasteiger partial charge in [-0.2, -0.15) is 0 Å². The Hall–Kier alpha value is -1.72. The van der Waals surface area contributed by atoms with Crippen LogP contribution in [0.3, 0.4) is 0 Å². The van der Waals surface area contributed by atoms with Gasteiger partial charge in [-0.3, -0.25) is 0 Å². The van der Waals surface area contributed by atoms with Crippen LogP contribution < -0.4 is 15.4 Å². The van der Waals surface area contributed by atoms with Crippen LogP contribution >= 0.6 is 27.5 Å². The zero-order valence-electron chi connectivity index (χ0n) is 11.1. The number of halogens is 2. The lowest BCUT2D eigenvalue weighted by atomic mass is 10.3. The first-order chi connectivity index (χ1) is 10.2. The van der Waals surface area contributed by atoms with Crippen LogP contribution in [0.1, 0.15) is 0 Å². The van der Waals surface area contributed by atoms with Gasteiger partial charge >= 0.3 is 6.03 Å². The van der Waals surface area contributed by atoms with E-state index in [9.17, 15) is 4.79 Å². The highest BCUT2D eigenvalue weighted by Crippen LogP contribution is 2.23. The third-order valence-corrected chi connectivity index (χ3v) is 3.59. The number of urea groups is 1. The van der Waals surface area contributed by atoms with E-state index in [0.29, 0.717) is 23.9 Å². The summed E-state index contributed by atoms with van der Waals surface area (Å²) < 4.78 is 6.43. The van der Waals surface area contributed by atoms with Crippen molar-refractivity contribution >= 4 is 39.2 Å². The average molecular weight is 370 g/mol. The Morgan fingerprint density at radius 3 is 2.62 bits per heavy atom. The lowest BCUT2D eigenvalue weighted by Crippen LogP contribution is -2.32. The number of hydrogen-bond donors (Lipinski definition) is 2. The Bertz CT molecular complexity index is 622. The van der Waals surface area contributed by atoms with Gasteiger partial charge in [-0.05, 0) is 40.2 Å². The summed E-state index contributed by atoms with van der Waals surface area (Å²) in [6.45, 7) is 0.760. The second-order valence-corrected chi connectivity index (χ2v) is 5.40. The summed E-state index contributed by atoms with van der Waals surface area (Å²) in [6.07, 6.45) is 0. The maximum absolute atomic E-state index is 11.7. The standard InChI is InChI=1S/C15H14BrClN2O2/c16-11-5-1-4-8-14(11)21-10-9-18-15(20)19-13-7-3-2-6-12(13)17/h1-8H,9-10H2,(H2,18,19,20). The minimum Gasteiger partial charge on any atom is -0.491 e. The van der Waals surface area contributed by atoms with Crippen LogP contribution in [-0.4, -0.2) is 19.2 Å². The molecule has 2 aromatic rings. The van der Waals surface area contributed by atoms with Crippen molar-refractivity contribution in [3.8, 4) is 5.75 Å². The molecule has 4 nitrogen and oxygen atoms in total. The molecule has 0 radical (unpaired) electrons. The molecule has 2 amide bonds. The molecule has 2 rings (SSSR count). The van der Waals surface area contributed by atoms with Gasteiger partial charge in [0.15, 0.2) is 0 Å². The lowest BCUT2D eigenvalue weighted by Gasteiger charge is -2.10. The Labute approximate surface area is 136 Å². The summed E-state index contributed by atoms with van der Waals surface area (Å²) >= 11 is 9.34. The molecule has 2 N–H and O–H groups in total. The van der Waals surface area contributed by atoms with Crippen LogP contribution in [0, 0.1) is 0 Å². The Morgan fingerprint density at radius 1 is 1.14 bits per heavy atom. The normalized spacial score (nSPS) is 10.0. The molecular weight excluding hydrogens is 356 g/mol. The van der Waals surface area contributed by atoms with Crippen molar-refractivity contribution in [2.75, 3.05) is 18.5 Å². The molecule has 0 aliphatic rings. The third kappa shape index (κ3) is 4.95. The summed E-state index contributed by atoms with van der Waals surface area (Å²) in [5.41, 5.74) is 0.573. The summed E-state index contributed by atoms with van der Waals surface area (Å²) in [7, 11) is 0. The molecule has 0 saturated heterocycles. The SMILES string of the molecule is O=C(NCCOc1ccccc1Br)Nc1ccccc1Cl. The molecule has 0 aromatic heterocycles. The minimum atomic E-state index is -0.321. The van der Waals surface area contributed by atoms with Gasteiger partial charge in [-0.15, -0.1) is 0 Å². The van der Waals surface area contributed by atoms with Gasteiger partial charge in [0.2, 0.25) is 0 Å². The predicted molar refractivity (Wildman–Crippen MR) is 88.1 cm³/mol. The van der Waals surface area contributed by atoms with Crippen molar-refractivity contribution < 1.29 is 9.53 Å². The fraction of sp³-hybridized carbons (Fsp3) is 0.133. The van der Waals surface area contributed by atoms with Crippen LogP contribution in [0.5, 0.6) is 5.75 Å². The van der Waals surface area contributed by atoms with Gasteiger partial charge in [-0.25, -0.2) is 4.79 Å². The van der Waals surface area contributed by atoms with Crippen molar-refractivity contribution in [3.05, 3.63) is 58.0 Å². The van der Waals surface area contributed by atoms with E-state index in [1.807, 2.05) is 24.3 Å². The third-order valence-electron chi connectivity index (χ3n) is 2.60. The van der Waals surface area contributed by atoms with Gasteiger partial charge in [0.05, 0.1) is 21.7 Å². The van der Waals surface area contributed by atoms with Crippen LogP contribution in [0.15, 0.2) is 53.0 Å². The van der Waals surface area contributed by atoms with E-state index >= 15 is 0 Å². The molecule has 2 aromatic carbocycles. The molecule has 0 atom stereocenters. The number of ether oxygens (including phenoxy) is 1. The monoisotopic (exact) mass is 368 g/mol. The van der Waals surface area contributed by atoms with Crippen LogP contribution in [0.25, 0.3) is 0 Å². The molecule has 21 heavy (non-hydrogen) atoms. The van der Waals surface area contributed by atoms with Crippen molar-refractivity contribution in [3.63, 3.8) is 0 Å². The van der Waals surface area contributed by atoms with E-state index in [4.69, 9.17) is 16.3 Å². The summed E-state index contributed by atoms with van der Waals surface area (Å²) in [5, 5.41) is 5.87. The molecule has 0 bridgehead atoms. The summed E-state index contributed by atoms with van der Waals surface area (Å²) in [4.78, 5) is 11.7. The van der Waals surface area contributed by atoms with Crippen molar-refractivity contribution in [2.24, 2.45) is 0 Å². The first-order valence-electron chi connectivity index (χ1n) is 6.33. The Balaban J connectivity index is 1.73. The molecule has 6 heteroatoms. The maximum atomic E-state index is 11.7. The molecule has 0 heterocycles. The number of para-hydroxylation sites is 2. The molecule has 110 valence electrons. The summed E-state index contributed by atoms with van der Waals surface area (Å²) in [5.74, 6) is 0.741. The van der Waals surface area contributed by atoms with Gasteiger partial charge in [0.25, 0.3) is 0 Å².